The number of benzene rings is 1. The van der Waals surface area contributed by atoms with Crippen LogP contribution in [0.2, 0.25) is 10.0 Å². The third-order valence-corrected chi connectivity index (χ3v) is 6.69. The first kappa shape index (κ1) is 20.0. The van der Waals surface area contributed by atoms with Gasteiger partial charge in [0.1, 0.15) is 4.90 Å². The van der Waals surface area contributed by atoms with Crippen LogP contribution in [0, 0.1) is 0 Å². The fourth-order valence-electron chi connectivity index (χ4n) is 2.18. The van der Waals surface area contributed by atoms with Gasteiger partial charge in [0, 0.05) is 11.4 Å². The molecule has 0 atom stereocenters. The van der Waals surface area contributed by atoms with Crippen LogP contribution >= 0.6 is 34.5 Å². The zero-order chi connectivity index (χ0) is 19.8. The van der Waals surface area contributed by atoms with E-state index in [2.05, 4.69) is 15.0 Å². The lowest BCUT2D eigenvalue weighted by molar-refractivity contribution is -0.117. The molecule has 0 radical (unpaired) electrons. The lowest BCUT2D eigenvalue weighted by Crippen LogP contribution is -2.26. The summed E-state index contributed by atoms with van der Waals surface area (Å²) in [6, 6.07) is 2.22. The Kier molecular flexibility index (Phi) is 5.73. The molecule has 1 heterocycles. The second kappa shape index (κ2) is 7.72. The van der Waals surface area contributed by atoms with E-state index in [1.807, 2.05) is 0 Å². The fourth-order valence-corrected chi connectivity index (χ4v) is 5.05. The Balaban J connectivity index is 1.84. The molecule has 0 unspecified atom stereocenters. The van der Waals surface area contributed by atoms with Crippen molar-refractivity contribution in [2.45, 2.75) is 30.2 Å². The minimum atomic E-state index is -3.87. The zero-order valence-electron chi connectivity index (χ0n) is 13.7. The van der Waals surface area contributed by atoms with Gasteiger partial charge in [-0.15, -0.1) is 11.3 Å². The molecule has 1 saturated carbocycles. The first-order valence-corrected chi connectivity index (χ1v) is 10.8. The zero-order valence-corrected chi connectivity index (χ0v) is 16.8. The number of aromatic nitrogens is 1. The number of sulfonamides is 1. The van der Waals surface area contributed by atoms with Crippen molar-refractivity contribution in [3.63, 3.8) is 0 Å². The van der Waals surface area contributed by atoms with E-state index < -0.39 is 21.8 Å². The average Bonchev–Trinajstić information content (AvgIpc) is 3.24. The number of hydrogen-bond acceptors (Lipinski definition) is 6. The van der Waals surface area contributed by atoms with Crippen LogP contribution in [-0.4, -0.2) is 31.3 Å². The molecule has 8 nitrogen and oxygen atoms in total. The van der Waals surface area contributed by atoms with Crippen LogP contribution in [0.1, 0.15) is 28.9 Å². The summed E-state index contributed by atoms with van der Waals surface area (Å²) < 4.78 is 27.4. The van der Waals surface area contributed by atoms with E-state index in [0.29, 0.717) is 5.69 Å². The van der Waals surface area contributed by atoms with E-state index in [1.165, 1.54) is 6.07 Å². The minimum Gasteiger partial charge on any atom is -0.369 e. The van der Waals surface area contributed by atoms with Crippen LogP contribution in [0.5, 0.6) is 0 Å². The Labute approximate surface area is 169 Å². The van der Waals surface area contributed by atoms with Gasteiger partial charge in [-0.2, -0.15) is 0 Å². The summed E-state index contributed by atoms with van der Waals surface area (Å²) in [5.41, 5.74) is 5.45. The molecule has 0 saturated heterocycles. The number of anilines is 1. The number of nitrogens with one attached hydrogen (secondary N) is 2. The summed E-state index contributed by atoms with van der Waals surface area (Å²) in [5.74, 6) is -1.20. The number of thiazole rings is 1. The third-order valence-electron chi connectivity index (χ3n) is 3.58. The predicted molar refractivity (Wildman–Crippen MR) is 103 cm³/mol. The number of rotatable bonds is 7. The monoisotopic (exact) mass is 448 g/mol. The van der Waals surface area contributed by atoms with Crippen LogP contribution in [-0.2, 0) is 21.2 Å². The highest BCUT2D eigenvalue weighted by molar-refractivity contribution is 7.89. The normalized spacial score (nSPS) is 14.1. The number of primary amides is 1. The number of carbonyl (C=O) groups excluding carboxylic acids is 2. The third kappa shape index (κ3) is 4.96. The number of halogens is 2. The van der Waals surface area contributed by atoms with Gasteiger partial charge in [0.2, 0.25) is 15.9 Å². The van der Waals surface area contributed by atoms with Gasteiger partial charge in [-0.25, -0.2) is 18.1 Å². The molecule has 2 amide bonds. The van der Waals surface area contributed by atoms with E-state index in [-0.39, 0.29) is 38.1 Å². The lowest BCUT2D eigenvalue weighted by Gasteiger charge is -2.11. The van der Waals surface area contributed by atoms with Crippen molar-refractivity contribution in [3.8, 4) is 0 Å². The molecule has 4 N–H and O–H groups in total. The quantitative estimate of drug-likeness (QED) is 0.596. The highest BCUT2D eigenvalue weighted by Crippen LogP contribution is 2.31. The summed E-state index contributed by atoms with van der Waals surface area (Å²) in [4.78, 5) is 27.3. The number of carbonyl (C=O) groups is 2. The first-order chi connectivity index (χ1) is 12.7. The predicted octanol–water partition coefficient (Wildman–Crippen LogP) is 2.17. The molecular formula is C15H14Cl2N4O4S2. The molecule has 1 aliphatic carbocycles. The van der Waals surface area contributed by atoms with Gasteiger partial charge < -0.3 is 5.73 Å². The molecule has 1 aliphatic rings. The van der Waals surface area contributed by atoms with Crippen molar-refractivity contribution in [1.82, 2.24) is 9.71 Å². The van der Waals surface area contributed by atoms with Crippen molar-refractivity contribution < 1.29 is 18.0 Å². The minimum absolute atomic E-state index is 0.00297. The molecule has 27 heavy (non-hydrogen) atoms. The first-order valence-electron chi connectivity index (χ1n) is 7.71. The molecule has 3 rings (SSSR count). The van der Waals surface area contributed by atoms with Gasteiger partial charge in [0.05, 0.1) is 27.7 Å². The van der Waals surface area contributed by atoms with Crippen LogP contribution in [0.15, 0.2) is 22.4 Å². The maximum Gasteiger partial charge on any atom is 0.259 e. The van der Waals surface area contributed by atoms with Gasteiger partial charge in [-0.1, -0.05) is 23.2 Å². The highest BCUT2D eigenvalue weighted by Gasteiger charge is 2.30. The standard InChI is InChI=1S/C15H14Cl2N4O4S2/c16-10-5-11(17)12(27(24,25)21-7-1-2-7)4-9(10)14(23)20-15-19-8(6-26-15)3-13(18)22/h4-7,21H,1-3H2,(H2,18,22)(H,19,20,23). The summed E-state index contributed by atoms with van der Waals surface area (Å²) >= 11 is 13.2. The van der Waals surface area contributed by atoms with E-state index in [0.717, 1.165) is 30.2 Å². The molecule has 2 aromatic rings. The molecule has 0 bridgehead atoms. The van der Waals surface area contributed by atoms with Gasteiger partial charge in [0.15, 0.2) is 5.13 Å². The molecule has 1 aromatic carbocycles. The van der Waals surface area contributed by atoms with Crippen molar-refractivity contribution in [2.24, 2.45) is 5.73 Å². The molecule has 0 spiro atoms. The van der Waals surface area contributed by atoms with Crippen LogP contribution in [0.3, 0.4) is 0 Å². The fraction of sp³-hybridized carbons (Fsp3) is 0.267. The van der Waals surface area contributed by atoms with Gasteiger partial charge in [-0.05, 0) is 25.0 Å². The maximum atomic E-state index is 12.5. The van der Waals surface area contributed by atoms with E-state index in [9.17, 15) is 18.0 Å². The van der Waals surface area contributed by atoms with Crippen LogP contribution < -0.4 is 15.8 Å². The Morgan fingerprint density at radius 3 is 2.59 bits per heavy atom. The summed E-state index contributed by atoms with van der Waals surface area (Å²) in [6.45, 7) is 0. The van der Waals surface area contributed by atoms with Gasteiger partial charge >= 0.3 is 0 Å². The van der Waals surface area contributed by atoms with Crippen molar-refractivity contribution >= 4 is 61.5 Å². The lowest BCUT2D eigenvalue weighted by atomic mass is 10.2. The second-order valence-corrected chi connectivity index (χ2v) is 9.25. The highest BCUT2D eigenvalue weighted by atomic mass is 35.5. The van der Waals surface area contributed by atoms with Crippen molar-refractivity contribution in [2.75, 3.05) is 5.32 Å². The molecule has 0 aliphatic heterocycles. The average molecular weight is 449 g/mol. The number of hydrogen-bond donors (Lipinski definition) is 3. The van der Waals surface area contributed by atoms with Gasteiger partial charge in [0.25, 0.3) is 5.91 Å². The topological polar surface area (TPSA) is 131 Å². The number of nitrogens with zero attached hydrogens (tertiary/aromatic N) is 1. The van der Waals surface area contributed by atoms with Crippen molar-refractivity contribution in [3.05, 3.63) is 38.8 Å². The molecule has 144 valence electrons. The van der Waals surface area contributed by atoms with Gasteiger partial charge in [-0.3, -0.25) is 14.9 Å². The van der Waals surface area contributed by atoms with Crippen LogP contribution in [0.4, 0.5) is 5.13 Å². The molecular weight excluding hydrogens is 435 g/mol. The van der Waals surface area contributed by atoms with E-state index in [1.54, 1.807) is 5.38 Å². The summed E-state index contributed by atoms with van der Waals surface area (Å²) in [7, 11) is -3.87. The molecule has 1 fully saturated rings. The largest absolute Gasteiger partial charge is 0.369 e. The molecule has 12 heteroatoms. The Bertz CT molecular complexity index is 1020. The Hall–Kier alpha value is -1.72. The summed E-state index contributed by atoms with van der Waals surface area (Å²) in [6.07, 6.45) is 1.47. The Morgan fingerprint density at radius 2 is 1.96 bits per heavy atom. The number of amides is 2. The van der Waals surface area contributed by atoms with E-state index >= 15 is 0 Å². The maximum absolute atomic E-state index is 12.5. The number of nitrogens with two attached hydrogens (primary N) is 1. The smallest absolute Gasteiger partial charge is 0.259 e. The SMILES string of the molecule is NC(=O)Cc1csc(NC(=O)c2cc(S(=O)(=O)NC3CC3)c(Cl)cc2Cl)n1. The van der Waals surface area contributed by atoms with E-state index in [4.69, 9.17) is 28.9 Å². The van der Waals surface area contributed by atoms with Crippen LogP contribution in [0.25, 0.3) is 0 Å². The molecule has 1 aromatic heterocycles. The Morgan fingerprint density at radius 1 is 1.26 bits per heavy atom. The summed E-state index contributed by atoms with van der Waals surface area (Å²) in [5, 5.41) is 4.24. The van der Waals surface area contributed by atoms with Crippen molar-refractivity contribution in [1.29, 1.82) is 0 Å². The second-order valence-electron chi connectivity index (χ2n) is 5.90.